The van der Waals surface area contributed by atoms with Crippen molar-refractivity contribution in [2.45, 2.75) is 84.8 Å². The van der Waals surface area contributed by atoms with Crippen molar-refractivity contribution < 1.29 is 28.5 Å². The van der Waals surface area contributed by atoms with Crippen molar-refractivity contribution in [2.75, 3.05) is 39.5 Å². The summed E-state index contributed by atoms with van der Waals surface area (Å²) in [6.45, 7) is 11.0. The standard InChI is InChI=1S/C21H39N3O6.C2H6/c1-15(2)17(25)8-7-16(23)20(26)24-10-4-6-19-29-13-21(14-30-19)11-27-18(28-12-21)5-3-9-22;1-2/h15-16,18-19H,3-14,22-23H2,1-2H3,(H,24,26);1-2H3. The van der Waals surface area contributed by atoms with Gasteiger partial charge in [0.25, 0.3) is 0 Å². The van der Waals surface area contributed by atoms with Gasteiger partial charge >= 0.3 is 0 Å². The smallest absolute Gasteiger partial charge is 0.236 e. The molecule has 2 aliphatic heterocycles. The highest BCUT2D eigenvalue weighted by atomic mass is 16.7. The molecular weight excluding hydrogens is 414 g/mol. The molecule has 0 aromatic heterocycles. The van der Waals surface area contributed by atoms with Gasteiger partial charge in [-0.15, -0.1) is 0 Å². The van der Waals surface area contributed by atoms with Crippen LogP contribution in [0.25, 0.3) is 0 Å². The molecule has 2 aliphatic rings. The van der Waals surface area contributed by atoms with E-state index in [9.17, 15) is 9.59 Å². The van der Waals surface area contributed by atoms with Crippen LogP contribution in [0.1, 0.15) is 66.2 Å². The number of nitrogens with two attached hydrogens (primary N) is 2. The Kier molecular flexibility index (Phi) is 14.2. The fraction of sp³-hybridized carbons (Fsp3) is 0.913. The number of hydrogen-bond acceptors (Lipinski definition) is 8. The van der Waals surface area contributed by atoms with Crippen molar-refractivity contribution >= 4 is 11.7 Å². The van der Waals surface area contributed by atoms with Crippen LogP contribution in [0.15, 0.2) is 0 Å². The molecule has 2 fully saturated rings. The lowest BCUT2D eigenvalue weighted by molar-refractivity contribution is -0.304. The van der Waals surface area contributed by atoms with Crippen molar-refractivity contribution in [1.82, 2.24) is 5.32 Å². The maximum Gasteiger partial charge on any atom is 0.236 e. The molecule has 1 spiro atoms. The van der Waals surface area contributed by atoms with Gasteiger partial charge in [0.05, 0.1) is 37.9 Å². The number of ketones is 1. The predicted molar refractivity (Wildman–Crippen MR) is 123 cm³/mol. The average Bonchev–Trinajstić information content (AvgIpc) is 2.82. The Labute approximate surface area is 193 Å². The van der Waals surface area contributed by atoms with Crippen LogP contribution >= 0.6 is 0 Å². The van der Waals surface area contributed by atoms with E-state index in [-0.39, 0.29) is 35.6 Å². The van der Waals surface area contributed by atoms with Crippen LogP contribution < -0.4 is 16.8 Å². The van der Waals surface area contributed by atoms with E-state index in [0.717, 1.165) is 19.3 Å². The zero-order valence-corrected chi connectivity index (χ0v) is 20.4. The van der Waals surface area contributed by atoms with Crippen LogP contribution in [0.2, 0.25) is 0 Å². The second-order valence-corrected chi connectivity index (χ2v) is 8.73. The summed E-state index contributed by atoms with van der Waals surface area (Å²) in [6.07, 6.45) is 3.31. The quantitative estimate of drug-likeness (QED) is 0.375. The summed E-state index contributed by atoms with van der Waals surface area (Å²) < 4.78 is 23.3. The van der Waals surface area contributed by atoms with E-state index in [0.29, 0.717) is 58.8 Å². The first-order valence-corrected chi connectivity index (χ1v) is 12.1. The number of nitrogens with one attached hydrogen (secondary N) is 1. The van der Waals surface area contributed by atoms with E-state index in [2.05, 4.69) is 5.32 Å². The van der Waals surface area contributed by atoms with Crippen LogP contribution in [-0.2, 0) is 28.5 Å². The Morgan fingerprint density at radius 1 is 0.969 bits per heavy atom. The van der Waals surface area contributed by atoms with E-state index < -0.39 is 6.04 Å². The molecule has 2 saturated heterocycles. The number of rotatable bonds is 12. The minimum absolute atomic E-state index is 0.0285. The van der Waals surface area contributed by atoms with Gasteiger partial charge in [0, 0.05) is 25.3 Å². The zero-order valence-electron chi connectivity index (χ0n) is 20.4. The van der Waals surface area contributed by atoms with Gasteiger partial charge in [-0.25, -0.2) is 0 Å². The third kappa shape index (κ3) is 10.2. The number of amides is 1. The van der Waals surface area contributed by atoms with Crippen molar-refractivity contribution in [1.29, 1.82) is 0 Å². The van der Waals surface area contributed by atoms with E-state index in [1.165, 1.54) is 0 Å². The number of carbonyl (C=O) groups is 2. The topological polar surface area (TPSA) is 135 Å². The lowest BCUT2D eigenvalue weighted by Gasteiger charge is -2.43. The molecular formula is C23H45N3O6. The second-order valence-electron chi connectivity index (χ2n) is 8.73. The highest BCUT2D eigenvalue weighted by Gasteiger charge is 2.41. The number of Topliss-reactive ketones (excluding diaryl/α,β-unsaturated/α-hetero) is 1. The Bertz CT molecular complexity index is 528. The normalized spacial score (nSPS) is 26.3. The fourth-order valence-corrected chi connectivity index (χ4v) is 3.37. The van der Waals surface area contributed by atoms with Gasteiger partial charge < -0.3 is 35.7 Å². The maximum absolute atomic E-state index is 12.0. The van der Waals surface area contributed by atoms with Crippen molar-refractivity contribution in [3.05, 3.63) is 0 Å². The fourth-order valence-electron chi connectivity index (χ4n) is 3.37. The predicted octanol–water partition coefficient (Wildman–Crippen LogP) is 1.71. The highest BCUT2D eigenvalue weighted by molar-refractivity contribution is 5.84. The summed E-state index contributed by atoms with van der Waals surface area (Å²) in [5.41, 5.74) is 11.1. The molecule has 0 radical (unpaired) electrons. The molecule has 2 heterocycles. The Morgan fingerprint density at radius 2 is 1.47 bits per heavy atom. The molecule has 0 bridgehead atoms. The molecule has 188 valence electrons. The van der Waals surface area contributed by atoms with Crippen LogP contribution in [0.5, 0.6) is 0 Å². The molecule has 0 aromatic carbocycles. The average molecular weight is 460 g/mol. The van der Waals surface area contributed by atoms with E-state index in [1.807, 2.05) is 27.7 Å². The molecule has 1 atom stereocenters. The molecule has 2 rings (SSSR count). The molecule has 1 amide bonds. The van der Waals surface area contributed by atoms with Gasteiger partial charge in [0.1, 0.15) is 5.78 Å². The minimum Gasteiger partial charge on any atom is -0.355 e. The number of ether oxygens (including phenoxy) is 4. The third-order valence-electron chi connectivity index (χ3n) is 5.54. The monoisotopic (exact) mass is 459 g/mol. The van der Waals surface area contributed by atoms with E-state index in [4.69, 9.17) is 30.4 Å². The summed E-state index contributed by atoms with van der Waals surface area (Å²) in [4.78, 5) is 23.7. The van der Waals surface area contributed by atoms with Gasteiger partial charge in [-0.1, -0.05) is 27.7 Å². The molecule has 0 aliphatic carbocycles. The number of carbonyl (C=O) groups excluding carboxylic acids is 2. The Morgan fingerprint density at radius 3 is 1.94 bits per heavy atom. The Balaban J connectivity index is 0.00000249. The van der Waals surface area contributed by atoms with Gasteiger partial charge in [-0.2, -0.15) is 0 Å². The van der Waals surface area contributed by atoms with Crippen molar-refractivity contribution in [2.24, 2.45) is 22.8 Å². The van der Waals surface area contributed by atoms with Gasteiger partial charge in [-0.3, -0.25) is 9.59 Å². The van der Waals surface area contributed by atoms with Gasteiger partial charge in [-0.05, 0) is 32.2 Å². The lowest BCUT2D eigenvalue weighted by Crippen LogP contribution is -2.52. The lowest BCUT2D eigenvalue weighted by atomic mass is 9.90. The summed E-state index contributed by atoms with van der Waals surface area (Å²) in [5.74, 6) is -0.127. The van der Waals surface area contributed by atoms with E-state index >= 15 is 0 Å². The first kappa shape index (κ1) is 28.9. The largest absolute Gasteiger partial charge is 0.355 e. The summed E-state index contributed by atoms with van der Waals surface area (Å²) in [5, 5.41) is 2.82. The highest BCUT2D eigenvalue weighted by Crippen LogP contribution is 2.31. The van der Waals surface area contributed by atoms with E-state index in [1.54, 1.807) is 0 Å². The zero-order chi connectivity index (χ0) is 24.0. The van der Waals surface area contributed by atoms with Gasteiger partial charge in [0.15, 0.2) is 12.6 Å². The summed E-state index contributed by atoms with van der Waals surface area (Å²) >= 11 is 0. The summed E-state index contributed by atoms with van der Waals surface area (Å²) in [7, 11) is 0. The molecule has 1 unspecified atom stereocenters. The minimum atomic E-state index is -0.658. The molecule has 32 heavy (non-hydrogen) atoms. The van der Waals surface area contributed by atoms with Crippen molar-refractivity contribution in [3.8, 4) is 0 Å². The molecule has 9 heteroatoms. The SMILES string of the molecule is CC.CC(C)C(=O)CCC(N)C(=O)NCCCC1OCC2(COC(CCCN)OC2)CO1. The third-order valence-corrected chi connectivity index (χ3v) is 5.54. The second kappa shape index (κ2) is 15.7. The van der Waals surface area contributed by atoms with Crippen LogP contribution in [-0.4, -0.2) is 69.8 Å². The van der Waals surface area contributed by atoms with Gasteiger partial charge in [0.2, 0.25) is 5.91 Å². The summed E-state index contributed by atoms with van der Waals surface area (Å²) in [6, 6.07) is -0.658. The first-order chi connectivity index (χ1) is 15.3. The molecule has 9 nitrogen and oxygen atoms in total. The Hall–Kier alpha value is -1.10. The van der Waals surface area contributed by atoms with Crippen LogP contribution in [0.4, 0.5) is 0 Å². The molecule has 5 N–H and O–H groups in total. The molecule has 0 saturated carbocycles. The first-order valence-electron chi connectivity index (χ1n) is 12.1. The maximum atomic E-state index is 12.0. The molecule has 0 aromatic rings. The van der Waals surface area contributed by atoms with Crippen LogP contribution in [0, 0.1) is 11.3 Å². The van der Waals surface area contributed by atoms with Crippen molar-refractivity contribution in [3.63, 3.8) is 0 Å². The number of hydrogen-bond donors (Lipinski definition) is 3. The van der Waals surface area contributed by atoms with Crippen LogP contribution in [0.3, 0.4) is 0 Å².